The fourth-order valence-corrected chi connectivity index (χ4v) is 4.33. The molecule has 1 atom stereocenters. The van der Waals surface area contributed by atoms with E-state index < -0.39 is 0 Å². The van der Waals surface area contributed by atoms with Crippen LogP contribution < -0.4 is 0 Å². The average molecular weight is 294 g/mol. The highest BCUT2D eigenvalue weighted by molar-refractivity contribution is 6.03. The normalized spacial score (nSPS) is 18.3. The SMILES string of the molecule is c1ccc(C2=C3c4ccccc4CC3Cc3ccccc32)cc1. The quantitative estimate of drug-likeness (QED) is 0.565. The summed E-state index contributed by atoms with van der Waals surface area (Å²) in [6.07, 6.45) is 2.34. The highest BCUT2D eigenvalue weighted by Gasteiger charge is 2.34. The molecule has 23 heavy (non-hydrogen) atoms. The Morgan fingerprint density at radius 2 is 1.13 bits per heavy atom. The highest BCUT2D eigenvalue weighted by atomic mass is 14.4. The van der Waals surface area contributed by atoms with Gasteiger partial charge in [0.2, 0.25) is 0 Å². The lowest BCUT2D eigenvalue weighted by molar-refractivity contribution is 0.683. The van der Waals surface area contributed by atoms with Gasteiger partial charge in [-0.2, -0.15) is 0 Å². The molecule has 3 aromatic carbocycles. The fraction of sp³-hybridized carbons (Fsp3) is 0.130. The van der Waals surface area contributed by atoms with Crippen molar-refractivity contribution in [3.63, 3.8) is 0 Å². The second-order valence-electron chi connectivity index (χ2n) is 6.57. The van der Waals surface area contributed by atoms with Crippen molar-refractivity contribution < 1.29 is 0 Å². The Morgan fingerprint density at radius 1 is 0.565 bits per heavy atom. The van der Waals surface area contributed by atoms with E-state index in [0.29, 0.717) is 5.92 Å². The maximum Gasteiger partial charge on any atom is -0.00674 e. The van der Waals surface area contributed by atoms with Crippen molar-refractivity contribution in [2.24, 2.45) is 5.92 Å². The standard InChI is InChI=1S/C23H18/c1-2-8-16(9-3-1)22-20-12-6-4-10-17(20)14-19-15-18-11-5-7-13-21(18)23(19)22/h1-13,19H,14-15H2. The summed E-state index contributed by atoms with van der Waals surface area (Å²) in [6, 6.07) is 28.8. The zero-order chi connectivity index (χ0) is 15.2. The zero-order valence-electron chi connectivity index (χ0n) is 13.0. The lowest BCUT2D eigenvalue weighted by atomic mass is 9.76. The summed E-state index contributed by atoms with van der Waals surface area (Å²) in [7, 11) is 0. The van der Waals surface area contributed by atoms with Crippen LogP contribution in [0.2, 0.25) is 0 Å². The van der Waals surface area contributed by atoms with Gasteiger partial charge < -0.3 is 0 Å². The lowest BCUT2D eigenvalue weighted by Gasteiger charge is -2.27. The molecule has 0 N–H and O–H groups in total. The third kappa shape index (κ3) is 1.91. The van der Waals surface area contributed by atoms with Gasteiger partial charge >= 0.3 is 0 Å². The largest absolute Gasteiger partial charge is 0.0622 e. The predicted molar refractivity (Wildman–Crippen MR) is 96.1 cm³/mol. The molecule has 2 aliphatic carbocycles. The van der Waals surface area contributed by atoms with Crippen LogP contribution in [-0.2, 0) is 12.8 Å². The summed E-state index contributed by atoms with van der Waals surface area (Å²) in [5.74, 6) is 0.623. The smallest absolute Gasteiger partial charge is 0.00674 e. The van der Waals surface area contributed by atoms with Crippen LogP contribution in [-0.4, -0.2) is 0 Å². The molecule has 0 amide bonds. The zero-order valence-corrected chi connectivity index (χ0v) is 13.0. The number of benzene rings is 3. The Kier molecular flexibility index (Phi) is 2.78. The monoisotopic (exact) mass is 294 g/mol. The summed E-state index contributed by atoms with van der Waals surface area (Å²) < 4.78 is 0. The van der Waals surface area contributed by atoms with E-state index in [0.717, 1.165) is 6.42 Å². The van der Waals surface area contributed by atoms with E-state index in [2.05, 4.69) is 78.9 Å². The molecule has 5 rings (SSSR count). The van der Waals surface area contributed by atoms with Crippen molar-refractivity contribution in [3.05, 3.63) is 107 Å². The Balaban J connectivity index is 1.86. The molecule has 0 spiro atoms. The Bertz CT molecular complexity index is 916. The van der Waals surface area contributed by atoms with Crippen molar-refractivity contribution in [2.75, 3.05) is 0 Å². The topological polar surface area (TPSA) is 0 Å². The first-order valence-corrected chi connectivity index (χ1v) is 8.38. The molecule has 0 saturated carbocycles. The molecule has 110 valence electrons. The molecular weight excluding hydrogens is 276 g/mol. The van der Waals surface area contributed by atoms with Gasteiger partial charge in [0.25, 0.3) is 0 Å². The third-order valence-electron chi connectivity index (χ3n) is 5.27. The molecule has 0 radical (unpaired) electrons. The molecule has 0 aliphatic heterocycles. The molecule has 0 nitrogen and oxygen atoms in total. The van der Waals surface area contributed by atoms with Crippen molar-refractivity contribution >= 4 is 11.1 Å². The van der Waals surface area contributed by atoms with Gasteiger partial charge in [-0.05, 0) is 57.7 Å². The molecule has 0 bridgehead atoms. The summed E-state index contributed by atoms with van der Waals surface area (Å²) in [4.78, 5) is 0. The Hall–Kier alpha value is -2.60. The minimum Gasteiger partial charge on any atom is -0.0622 e. The van der Waals surface area contributed by atoms with Crippen LogP contribution in [0.5, 0.6) is 0 Å². The summed E-state index contributed by atoms with van der Waals surface area (Å²) in [5, 5.41) is 0. The highest BCUT2D eigenvalue weighted by Crippen LogP contribution is 2.49. The van der Waals surface area contributed by atoms with Gasteiger partial charge in [0.15, 0.2) is 0 Å². The molecule has 1 unspecified atom stereocenters. The lowest BCUT2D eigenvalue weighted by Crippen LogP contribution is -2.13. The van der Waals surface area contributed by atoms with E-state index in [1.165, 1.54) is 39.8 Å². The minimum absolute atomic E-state index is 0.623. The van der Waals surface area contributed by atoms with E-state index in [-0.39, 0.29) is 0 Å². The fourth-order valence-electron chi connectivity index (χ4n) is 4.33. The molecular formula is C23H18. The molecule has 0 saturated heterocycles. The molecule has 0 heterocycles. The second-order valence-corrected chi connectivity index (χ2v) is 6.57. The van der Waals surface area contributed by atoms with Gasteiger partial charge in [-0.1, -0.05) is 78.9 Å². The van der Waals surface area contributed by atoms with Crippen LogP contribution in [0, 0.1) is 5.92 Å². The predicted octanol–water partition coefficient (Wildman–Crippen LogP) is 5.37. The summed E-state index contributed by atoms with van der Waals surface area (Å²) in [5.41, 5.74) is 10.2. The Morgan fingerprint density at radius 3 is 1.87 bits per heavy atom. The minimum atomic E-state index is 0.623. The van der Waals surface area contributed by atoms with Crippen molar-refractivity contribution in [1.29, 1.82) is 0 Å². The van der Waals surface area contributed by atoms with E-state index in [9.17, 15) is 0 Å². The summed E-state index contributed by atoms with van der Waals surface area (Å²) >= 11 is 0. The maximum absolute atomic E-state index is 2.31. The van der Waals surface area contributed by atoms with E-state index >= 15 is 0 Å². The van der Waals surface area contributed by atoms with Gasteiger partial charge in [-0.25, -0.2) is 0 Å². The number of rotatable bonds is 1. The first kappa shape index (κ1) is 12.9. The van der Waals surface area contributed by atoms with E-state index in [1.807, 2.05) is 0 Å². The van der Waals surface area contributed by atoms with Crippen molar-refractivity contribution in [1.82, 2.24) is 0 Å². The Labute approximate surface area is 137 Å². The van der Waals surface area contributed by atoms with Crippen LogP contribution in [0.1, 0.15) is 27.8 Å². The van der Waals surface area contributed by atoms with E-state index in [1.54, 1.807) is 5.57 Å². The molecule has 2 aliphatic rings. The van der Waals surface area contributed by atoms with Gasteiger partial charge in [0.05, 0.1) is 0 Å². The van der Waals surface area contributed by atoms with Crippen molar-refractivity contribution in [3.8, 4) is 0 Å². The maximum atomic E-state index is 2.31. The first-order valence-electron chi connectivity index (χ1n) is 8.38. The number of hydrogen-bond acceptors (Lipinski definition) is 0. The summed E-state index contributed by atoms with van der Waals surface area (Å²) in [6.45, 7) is 0. The molecule has 3 aromatic rings. The number of allylic oxidation sites excluding steroid dienone is 1. The van der Waals surface area contributed by atoms with Crippen LogP contribution in [0.25, 0.3) is 11.1 Å². The van der Waals surface area contributed by atoms with Gasteiger partial charge in [-0.15, -0.1) is 0 Å². The number of fused-ring (bicyclic) bond motifs is 4. The molecule has 0 fully saturated rings. The van der Waals surface area contributed by atoms with Gasteiger partial charge in [0.1, 0.15) is 0 Å². The van der Waals surface area contributed by atoms with Crippen LogP contribution >= 0.6 is 0 Å². The first-order chi connectivity index (χ1) is 11.4. The van der Waals surface area contributed by atoms with Crippen LogP contribution in [0.15, 0.2) is 78.9 Å². The van der Waals surface area contributed by atoms with Crippen LogP contribution in [0.3, 0.4) is 0 Å². The van der Waals surface area contributed by atoms with E-state index in [4.69, 9.17) is 0 Å². The average Bonchev–Trinajstić information content (AvgIpc) is 2.98. The van der Waals surface area contributed by atoms with Crippen LogP contribution in [0.4, 0.5) is 0 Å². The van der Waals surface area contributed by atoms with Crippen molar-refractivity contribution in [2.45, 2.75) is 12.8 Å². The number of hydrogen-bond donors (Lipinski definition) is 0. The van der Waals surface area contributed by atoms with Gasteiger partial charge in [0, 0.05) is 0 Å². The third-order valence-corrected chi connectivity index (χ3v) is 5.27. The molecule has 0 aromatic heterocycles. The second kappa shape index (κ2) is 4.96. The molecule has 0 heteroatoms. The van der Waals surface area contributed by atoms with Gasteiger partial charge in [-0.3, -0.25) is 0 Å².